The van der Waals surface area contributed by atoms with E-state index in [9.17, 15) is 10.1 Å². The van der Waals surface area contributed by atoms with Crippen molar-refractivity contribution in [3.8, 4) is 0 Å². The van der Waals surface area contributed by atoms with Crippen LogP contribution in [0.3, 0.4) is 0 Å². The van der Waals surface area contributed by atoms with Gasteiger partial charge in [-0.3, -0.25) is 10.1 Å². The highest BCUT2D eigenvalue weighted by Gasteiger charge is 2.31. The first kappa shape index (κ1) is 7.98. The summed E-state index contributed by atoms with van der Waals surface area (Å²) in [4.78, 5) is 10.3. The van der Waals surface area contributed by atoms with Crippen LogP contribution in [0.2, 0.25) is 0 Å². The van der Waals surface area contributed by atoms with Crippen LogP contribution in [-0.4, -0.2) is 15.8 Å². The molecule has 0 N–H and O–H groups in total. The van der Waals surface area contributed by atoms with Crippen molar-refractivity contribution in [1.29, 1.82) is 0 Å². The number of hydrogen-bond acceptors (Lipinski definition) is 2. The predicted octanol–water partition coefficient (Wildman–Crippen LogP) is 1.97. The van der Waals surface area contributed by atoms with Gasteiger partial charge in [-0.15, -0.1) is 0 Å². The quantitative estimate of drug-likeness (QED) is 0.375. The molecule has 2 atom stereocenters. The Morgan fingerprint density at radius 2 is 2.00 bits per heavy atom. The monoisotopic (exact) mass is 207 g/mol. The molecular weight excluding hydrogens is 198 g/mol. The number of rotatable bonds is 1. The van der Waals surface area contributed by atoms with Crippen LogP contribution in [0.25, 0.3) is 0 Å². The van der Waals surface area contributed by atoms with E-state index in [0.717, 1.165) is 25.7 Å². The van der Waals surface area contributed by atoms with Crippen LogP contribution in [0.5, 0.6) is 0 Å². The topological polar surface area (TPSA) is 43.1 Å². The second-order valence-electron chi connectivity index (χ2n) is 2.65. The summed E-state index contributed by atoms with van der Waals surface area (Å²) >= 11 is 3.31. The summed E-state index contributed by atoms with van der Waals surface area (Å²) in [6.07, 6.45) is 3.82. The minimum Gasteiger partial charge on any atom is -0.264 e. The van der Waals surface area contributed by atoms with Crippen molar-refractivity contribution < 1.29 is 4.92 Å². The van der Waals surface area contributed by atoms with Crippen LogP contribution in [0.1, 0.15) is 25.7 Å². The molecule has 0 bridgehead atoms. The second kappa shape index (κ2) is 3.32. The largest absolute Gasteiger partial charge is 0.264 e. The van der Waals surface area contributed by atoms with E-state index < -0.39 is 0 Å². The lowest BCUT2D eigenvalue weighted by molar-refractivity contribution is -0.524. The van der Waals surface area contributed by atoms with E-state index in [-0.39, 0.29) is 15.8 Å². The van der Waals surface area contributed by atoms with Gasteiger partial charge in [0.05, 0.1) is 4.83 Å². The predicted molar refractivity (Wildman–Crippen MR) is 42.0 cm³/mol. The molecule has 1 saturated carbocycles. The maximum Gasteiger partial charge on any atom is 0.225 e. The molecule has 2 unspecified atom stereocenters. The molecular formula is C6H10BrNO2. The molecule has 1 rings (SSSR count). The summed E-state index contributed by atoms with van der Waals surface area (Å²) in [6.45, 7) is 0. The summed E-state index contributed by atoms with van der Waals surface area (Å²) in [5.41, 5.74) is 0. The van der Waals surface area contributed by atoms with Crippen molar-refractivity contribution >= 4 is 15.9 Å². The van der Waals surface area contributed by atoms with Crippen molar-refractivity contribution in [1.82, 2.24) is 0 Å². The molecule has 0 spiro atoms. The van der Waals surface area contributed by atoms with Crippen molar-refractivity contribution in [2.75, 3.05) is 0 Å². The lowest BCUT2D eigenvalue weighted by Crippen LogP contribution is -2.32. The number of hydrogen-bond donors (Lipinski definition) is 0. The second-order valence-corrected chi connectivity index (χ2v) is 3.83. The molecule has 3 nitrogen and oxygen atoms in total. The molecule has 0 aromatic rings. The first-order valence-electron chi connectivity index (χ1n) is 3.49. The van der Waals surface area contributed by atoms with Crippen LogP contribution >= 0.6 is 15.9 Å². The van der Waals surface area contributed by atoms with Gasteiger partial charge >= 0.3 is 0 Å². The van der Waals surface area contributed by atoms with E-state index in [1.807, 2.05) is 0 Å². The molecule has 58 valence electrons. The molecule has 10 heavy (non-hydrogen) atoms. The van der Waals surface area contributed by atoms with Gasteiger partial charge in [0.15, 0.2) is 0 Å². The van der Waals surface area contributed by atoms with E-state index in [1.165, 1.54) is 0 Å². The molecule has 1 aliphatic rings. The lowest BCUT2D eigenvalue weighted by atomic mass is 9.96. The van der Waals surface area contributed by atoms with Crippen LogP contribution in [0.15, 0.2) is 0 Å². The van der Waals surface area contributed by atoms with Crippen molar-refractivity contribution in [2.45, 2.75) is 36.6 Å². The molecule has 0 aliphatic heterocycles. The Balaban J connectivity index is 2.47. The summed E-state index contributed by atoms with van der Waals surface area (Å²) in [7, 11) is 0. The van der Waals surface area contributed by atoms with E-state index in [4.69, 9.17) is 0 Å². The molecule has 0 aromatic carbocycles. The minimum absolute atomic E-state index is 0.108. The Morgan fingerprint density at radius 1 is 1.40 bits per heavy atom. The third kappa shape index (κ3) is 1.68. The Bertz CT molecular complexity index is 140. The van der Waals surface area contributed by atoms with E-state index >= 15 is 0 Å². The zero-order chi connectivity index (χ0) is 7.56. The molecule has 0 amide bonds. The van der Waals surface area contributed by atoms with E-state index in [2.05, 4.69) is 15.9 Å². The lowest BCUT2D eigenvalue weighted by Gasteiger charge is -2.19. The smallest absolute Gasteiger partial charge is 0.225 e. The number of halogens is 1. The average Bonchev–Trinajstić information content (AvgIpc) is 1.88. The molecule has 1 aliphatic carbocycles. The highest BCUT2D eigenvalue weighted by molar-refractivity contribution is 9.09. The van der Waals surface area contributed by atoms with Gasteiger partial charge < -0.3 is 0 Å². The summed E-state index contributed by atoms with van der Waals surface area (Å²) in [5, 5.41) is 10.3. The SMILES string of the molecule is O=[N+]([O-])C1CCCCC1Br. The summed E-state index contributed by atoms with van der Waals surface area (Å²) < 4.78 is 0. The van der Waals surface area contributed by atoms with Gasteiger partial charge in [-0.05, 0) is 12.8 Å². The number of alkyl halides is 1. The number of nitro groups is 1. The molecule has 1 fully saturated rings. The molecule has 4 heteroatoms. The van der Waals surface area contributed by atoms with Gasteiger partial charge in [-0.25, -0.2) is 0 Å². The first-order chi connectivity index (χ1) is 4.72. The van der Waals surface area contributed by atoms with Gasteiger partial charge in [0.25, 0.3) is 0 Å². The van der Waals surface area contributed by atoms with Crippen LogP contribution in [0.4, 0.5) is 0 Å². The van der Waals surface area contributed by atoms with Gasteiger partial charge in [0, 0.05) is 11.3 Å². The van der Waals surface area contributed by atoms with Crippen LogP contribution < -0.4 is 0 Å². The molecule has 0 aromatic heterocycles. The standard InChI is InChI=1S/C6H10BrNO2/c7-5-3-1-2-4-6(5)8(9)10/h5-6H,1-4H2. The van der Waals surface area contributed by atoms with Crippen molar-refractivity contribution in [3.05, 3.63) is 10.1 Å². The third-order valence-corrected chi connectivity index (χ3v) is 2.99. The maximum atomic E-state index is 10.3. The Kier molecular flexibility index (Phi) is 2.65. The molecule has 0 saturated heterocycles. The fourth-order valence-corrected chi connectivity index (χ4v) is 2.08. The third-order valence-electron chi connectivity index (χ3n) is 1.92. The Morgan fingerprint density at radius 3 is 2.40 bits per heavy atom. The van der Waals surface area contributed by atoms with Gasteiger partial charge in [-0.2, -0.15) is 0 Å². The van der Waals surface area contributed by atoms with Gasteiger partial charge in [0.1, 0.15) is 0 Å². The highest BCUT2D eigenvalue weighted by Crippen LogP contribution is 2.25. The maximum absolute atomic E-state index is 10.3. The Hall–Kier alpha value is -0.120. The normalized spacial score (nSPS) is 33.7. The van der Waals surface area contributed by atoms with E-state index in [1.54, 1.807) is 0 Å². The minimum atomic E-state index is -0.339. The number of nitrogens with zero attached hydrogens (tertiary/aromatic N) is 1. The average molecular weight is 208 g/mol. The highest BCUT2D eigenvalue weighted by atomic mass is 79.9. The van der Waals surface area contributed by atoms with Crippen LogP contribution in [0, 0.1) is 10.1 Å². The summed E-state index contributed by atoms with van der Waals surface area (Å²) in [5.74, 6) is 0. The fraction of sp³-hybridized carbons (Fsp3) is 1.00. The zero-order valence-corrected chi connectivity index (χ0v) is 7.21. The van der Waals surface area contributed by atoms with Crippen LogP contribution in [-0.2, 0) is 0 Å². The Labute approximate surface area is 68.1 Å². The first-order valence-corrected chi connectivity index (χ1v) is 4.41. The summed E-state index contributed by atoms with van der Waals surface area (Å²) in [6, 6.07) is -0.339. The van der Waals surface area contributed by atoms with Crippen molar-refractivity contribution in [3.63, 3.8) is 0 Å². The molecule has 0 heterocycles. The van der Waals surface area contributed by atoms with Crippen molar-refractivity contribution in [2.24, 2.45) is 0 Å². The van der Waals surface area contributed by atoms with Gasteiger partial charge in [-0.1, -0.05) is 22.4 Å². The van der Waals surface area contributed by atoms with E-state index in [0.29, 0.717) is 0 Å². The molecule has 0 radical (unpaired) electrons. The zero-order valence-electron chi connectivity index (χ0n) is 5.62. The fourth-order valence-electron chi connectivity index (χ4n) is 1.30. The van der Waals surface area contributed by atoms with Gasteiger partial charge in [0.2, 0.25) is 6.04 Å².